The van der Waals surface area contributed by atoms with Gasteiger partial charge in [0, 0.05) is 29.6 Å². The van der Waals surface area contributed by atoms with Crippen LogP contribution in [0, 0.1) is 11.8 Å². The molecule has 1 aliphatic carbocycles. The van der Waals surface area contributed by atoms with Crippen LogP contribution in [0.15, 0.2) is 52.8 Å². The molecule has 3 aromatic rings. The largest absolute Gasteiger partial charge is 0.320 e. The number of rotatable bonds is 6. The van der Waals surface area contributed by atoms with Crippen molar-refractivity contribution in [1.82, 2.24) is 4.57 Å². The van der Waals surface area contributed by atoms with Crippen LogP contribution in [0.3, 0.4) is 0 Å². The van der Waals surface area contributed by atoms with E-state index in [2.05, 4.69) is 80.1 Å². The first-order valence-corrected chi connectivity index (χ1v) is 11.6. The Labute approximate surface area is 189 Å². The van der Waals surface area contributed by atoms with Gasteiger partial charge in [-0.15, -0.1) is 28.3 Å². The van der Waals surface area contributed by atoms with Crippen LogP contribution in [0.2, 0.25) is 0 Å². The van der Waals surface area contributed by atoms with Gasteiger partial charge in [-0.25, -0.2) is 0 Å². The van der Waals surface area contributed by atoms with Crippen molar-refractivity contribution in [3.8, 4) is 0 Å². The highest BCUT2D eigenvalue weighted by Crippen LogP contribution is 2.49. The first-order chi connectivity index (χ1) is 13.5. The second-order valence-electron chi connectivity index (χ2n) is 9.14. The topological polar surface area (TPSA) is 17.3 Å². The molecule has 0 unspecified atom stereocenters. The van der Waals surface area contributed by atoms with Gasteiger partial charge in [-0.2, -0.15) is 0 Å². The zero-order valence-corrected chi connectivity index (χ0v) is 20.5. The summed E-state index contributed by atoms with van der Waals surface area (Å²) in [5.74, 6) is 1.20. The zero-order valence-electron chi connectivity index (χ0n) is 18.0. The molecule has 4 rings (SSSR count). The predicted octanol–water partition coefficient (Wildman–Crippen LogP) is 6.96. The Balaban J connectivity index is 0.00000240. The molecule has 0 atom stereocenters. The van der Waals surface area contributed by atoms with Crippen molar-refractivity contribution < 1.29 is 0 Å². The molecule has 4 heteroatoms. The molecule has 0 saturated heterocycles. The zero-order chi connectivity index (χ0) is 19.7. The average molecular weight is 474 g/mol. The summed E-state index contributed by atoms with van der Waals surface area (Å²) in [5, 5.41) is 5.07. The highest BCUT2D eigenvalue weighted by molar-refractivity contribution is 8.93. The molecule has 0 N–H and O–H groups in total. The van der Waals surface area contributed by atoms with Gasteiger partial charge in [-0.05, 0) is 41.0 Å². The third kappa shape index (κ3) is 4.39. The summed E-state index contributed by atoms with van der Waals surface area (Å²) in [6, 6.07) is 15.8. The van der Waals surface area contributed by atoms with Gasteiger partial charge in [0.25, 0.3) is 0 Å². The standard InChI is InChI=1S/C25H32N2S.BrH/c1-18(2)15-26-24-27(16-19(3)4)23(17-28-24)25(12-7-13-25)22-11-10-20-8-5-6-9-21(20)14-22;/h5-6,8-11,14,17-19H,7,12-13,15-16H2,1-4H3;1H. The maximum atomic E-state index is 4.98. The Hall–Kier alpha value is -1.39. The first kappa shape index (κ1) is 22.3. The lowest BCUT2D eigenvalue weighted by Gasteiger charge is -2.43. The predicted molar refractivity (Wildman–Crippen MR) is 131 cm³/mol. The van der Waals surface area contributed by atoms with Crippen molar-refractivity contribution in [2.24, 2.45) is 16.8 Å². The highest BCUT2D eigenvalue weighted by atomic mass is 79.9. The Kier molecular flexibility index (Phi) is 7.06. The van der Waals surface area contributed by atoms with Crippen LogP contribution < -0.4 is 4.80 Å². The number of fused-ring (bicyclic) bond motifs is 1. The van der Waals surface area contributed by atoms with Gasteiger partial charge in [0.05, 0.1) is 0 Å². The molecule has 1 fully saturated rings. The van der Waals surface area contributed by atoms with Crippen LogP contribution in [0.25, 0.3) is 10.8 Å². The molecule has 156 valence electrons. The third-order valence-corrected chi connectivity index (χ3v) is 6.84. The van der Waals surface area contributed by atoms with E-state index in [1.165, 1.54) is 46.1 Å². The van der Waals surface area contributed by atoms with E-state index in [9.17, 15) is 0 Å². The molecule has 0 aliphatic heterocycles. The monoisotopic (exact) mass is 472 g/mol. The Morgan fingerprint density at radius 1 is 1.00 bits per heavy atom. The fourth-order valence-corrected chi connectivity index (χ4v) is 5.36. The molecule has 1 aromatic heterocycles. The Morgan fingerprint density at radius 2 is 1.72 bits per heavy atom. The van der Waals surface area contributed by atoms with E-state index in [1.54, 1.807) is 0 Å². The molecule has 1 saturated carbocycles. The smallest absolute Gasteiger partial charge is 0.184 e. The summed E-state index contributed by atoms with van der Waals surface area (Å²) < 4.78 is 2.53. The van der Waals surface area contributed by atoms with Crippen LogP contribution in [0.4, 0.5) is 0 Å². The van der Waals surface area contributed by atoms with Crippen molar-refractivity contribution in [2.45, 2.75) is 58.9 Å². The quantitative estimate of drug-likeness (QED) is 0.368. The number of nitrogens with zero attached hydrogens (tertiary/aromatic N) is 2. The van der Waals surface area contributed by atoms with Crippen molar-refractivity contribution in [1.29, 1.82) is 0 Å². The third-order valence-electron chi connectivity index (χ3n) is 5.94. The maximum Gasteiger partial charge on any atom is 0.184 e. The summed E-state index contributed by atoms with van der Waals surface area (Å²) >= 11 is 1.83. The molecule has 0 bridgehead atoms. The van der Waals surface area contributed by atoms with E-state index in [1.807, 2.05) is 11.3 Å². The molecule has 29 heavy (non-hydrogen) atoms. The normalized spacial score (nSPS) is 16.3. The summed E-state index contributed by atoms with van der Waals surface area (Å²) in [6.45, 7) is 11.1. The van der Waals surface area contributed by atoms with Crippen LogP contribution >= 0.6 is 28.3 Å². The Morgan fingerprint density at radius 3 is 2.34 bits per heavy atom. The maximum absolute atomic E-state index is 4.98. The number of hydrogen-bond acceptors (Lipinski definition) is 2. The van der Waals surface area contributed by atoms with Gasteiger partial charge in [0.2, 0.25) is 0 Å². The van der Waals surface area contributed by atoms with E-state index < -0.39 is 0 Å². The SMILES string of the molecule is Br.CC(C)CN=c1scc(C2(c3ccc4ccccc4c3)CCC2)n1CC(C)C. The molecule has 2 nitrogen and oxygen atoms in total. The van der Waals surface area contributed by atoms with Crippen LogP contribution in [-0.2, 0) is 12.0 Å². The minimum absolute atomic E-state index is 0. The molecule has 1 heterocycles. The van der Waals surface area contributed by atoms with E-state index in [4.69, 9.17) is 4.99 Å². The molecule has 1 aliphatic rings. The van der Waals surface area contributed by atoms with E-state index in [0.29, 0.717) is 11.8 Å². The molecule has 0 radical (unpaired) electrons. The van der Waals surface area contributed by atoms with Gasteiger partial charge in [0.15, 0.2) is 4.80 Å². The van der Waals surface area contributed by atoms with E-state index >= 15 is 0 Å². The van der Waals surface area contributed by atoms with Crippen LogP contribution in [0.1, 0.15) is 58.2 Å². The van der Waals surface area contributed by atoms with Crippen molar-refractivity contribution >= 4 is 39.1 Å². The van der Waals surface area contributed by atoms with Crippen molar-refractivity contribution in [2.75, 3.05) is 6.54 Å². The molecule has 0 amide bonds. The lowest BCUT2D eigenvalue weighted by molar-refractivity contribution is 0.278. The van der Waals surface area contributed by atoms with Crippen LogP contribution in [0.5, 0.6) is 0 Å². The number of thiazole rings is 1. The summed E-state index contributed by atoms with van der Waals surface area (Å²) in [4.78, 5) is 6.17. The second kappa shape index (κ2) is 9.18. The van der Waals surface area contributed by atoms with Crippen molar-refractivity contribution in [3.63, 3.8) is 0 Å². The highest BCUT2D eigenvalue weighted by Gasteiger charge is 2.43. The minimum atomic E-state index is 0. The van der Waals surface area contributed by atoms with Gasteiger partial charge in [-0.3, -0.25) is 4.99 Å². The molecular formula is C25H33BrN2S. The molecule has 2 aromatic carbocycles. The summed E-state index contributed by atoms with van der Waals surface area (Å²) in [5.41, 5.74) is 3.11. The number of hydrogen-bond donors (Lipinski definition) is 0. The fraction of sp³-hybridized carbons (Fsp3) is 0.480. The minimum Gasteiger partial charge on any atom is -0.320 e. The fourth-order valence-electron chi connectivity index (χ4n) is 4.34. The number of aromatic nitrogens is 1. The number of halogens is 1. The van der Waals surface area contributed by atoms with E-state index in [0.717, 1.165) is 13.1 Å². The summed E-state index contributed by atoms with van der Waals surface area (Å²) in [6.07, 6.45) is 3.79. The average Bonchev–Trinajstić information content (AvgIpc) is 3.01. The summed E-state index contributed by atoms with van der Waals surface area (Å²) in [7, 11) is 0. The molecular weight excluding hydrogens is 440 g/mol. The number of benzene rings is 2. The van der Waals surface area contributed by atoms with Crippen LogP contribution in [-0.4, -0.2) is 11.1 Å². The Bertz CT molecular complexity index is 1020. The first-order valence-electron chi connectivity index (χ1n) is 10.7. The lowest BCUT2D eigenvalue weighted by atomic mass is 9.62. The van der Waals surface area contributed by atoms with Gasteiger partial charge in [-0.1, -0.05) is 76.6 Å². The van der Waals surface area contributed by atoms with Gasteiger partial charge >= 0.3 is 0 Å². The van der Waals surface area contributed by atoms with Gasteiger partial charge < -0.3 is 4.57 Å². The second-order valence-corrected chi connectivity index (χ2v) is 9.98. The van der Waals surface area contributed by atoms with Gasteiger partial charge in [0.1, 0.15) is 0 Å². The molecule has 0 spiro atoms. The van der Waals surface area contributed by atoms with E-state index in [-0.39, 0.29) is 22.4 Å². The van der Waals surface area contributed by atoms with Crippen molar-refractivity contribution in [3.05, 3.63) is 63.9 Å². The lowest BCUT2D eigenvalue weighted by Crippen LogP contribution is -2.39.